The maximum Gasteiger partial charge on any atom is 0.164 e. The highest BCUT2D eigenvalue weighted by Gasteiger charge is 2.18. The molecule has 2 aromatic heterocycles. The molecule has 9 aromatic rings. The van der Waals surface area contributed by atoms with Gasteiger partial charge in [0.1, 0.15) is 11.2 Å². The zero-order chi connectivity index (χ0) is 31.2. The quantitative estimate of drug-likeness (QED) is 0.197. The van der Waals surface area contributed by atoms with Gasteiger partial charge in [-0.1, -0.05) is 140 Å². The molecular weight excluding hydrogens is 574 g/mol. The second kappa shape index (κ2) is 11.2. The molecule has 0 N–H and O–H groups in total. The minimum atomic E-state index is 0.601. The fourth-order valence-electron chi connectivity index (χ4n) is 6.43. The van der Waals surface area contributed by atoms with Crippen LogP contribution in [0, 0.1) is 0 Å². The standard InChI is InChI=1S/C43H27N3O/c1-3-12-28(13-4-1)31-17-9-18-32(26-31)33-19-10-20-34(27-33)42-44-41(30-14-5-2-6-15-30)45-43(46-42)37-22-11-16-29-24-25-36-35-21-7-8-23-38(35)47-40(36)39(29)37/h1-27H. The summed E-state index contributed by atoms with van der Waals surface area (Å²) in [6.45, 7) is 0. The second-order valence-electron chi connectivity index (χ2n) is 11.6. The van der Waals surface area contributed by atoms with Gasteiger partial charge in [-0.05, 0) is 51.9 Å². The van der Waals surface area contributed by atoms with Crippen molar-refractivity contribution >= 4 is 32.7 Å². The van der Waals surface area contributed by atoms with Crippen LogP contribution in [0.4, 0.5) is 0 Å². The first kappa shape index (κ1) is 27.0. The van der Waals surface area contributed by atoms with Crippen molar-refractivity contribution in [1.29, 1.82) is 0 Å². The number of benzene rings is 7. The third-order valence-corrected chi connectivity index (χ3v) is 8.72. The van der Waals surface area contributed by atoms with Crippen molar-refractivity contribution in [3.05, 3.63) is 164 Å². The van der Waals surface area contributed by atoms with E-state index < -0.39 is 0 Å². The number of fused-ring (bicyclic) bond motifs is 5. The summed E-state index contributed by atoms with van der Waals surface area (Å²) in [5, 5.41) is 4.22. The van der Waals surface area contributed by atoms with Crippen molar-refractivity contribution in [3.8, 4) is 56.4 Å². The molecule has 2 heterocycles. The monoisotopic (exact) mass is 601 g/mol. The van der Waals surface area contributed by atoms with Crippen molar-refractivity contribution < 1.29 is 4.42 Å². The number of nitrogens with zero attached hydrogens (tertiary/aromatic N) is 3. The van der Waals surface area contributed by atoms with Crippen LogP contribution >= 0.6 is 0 Å². The highest BCUT2D eigenvalue weighted by atomic mass is 16.3. The van der Waals surface area contributed by atoms with Crippen LogP contribution in [0.15, 0.2) is 168 Å². The molecule has 0 amide bonds. The van der Waals surface area contributed by atoms with Crippen molar-refractivity contribution in [2.75, 3.05) is 0 Å². The first-order valence-corrected chi connectivity index (χ1v) is 15.7. The lowest BCUT2D eigenvalue weighted by molar-refractivity contribution is 0.672. The molecule has 4 nitrogen and oxygen atoms in total. The van der Waals surface area contributed by atoms with Crippen molar-refractivity contribution in [3.63, 3.8) is 0 Å². The zero-order valence-electron chi connectivity index (χ0n) is 25.3. The Bertz CT molecular complexity index is 2570. The maximum absolute atomic E-state index is 6.49. The normalized spacial score (nSPS) is 11.4. The minimum absolute atomic E-state index is 0.601. The summed E-state index contributed by atoms with van der Waals surface area (Å²) >= 11 is 0. The average Bonchev–Trinajstić information content (AvgIpc) is 3.54. The molecule has 0 saturated heterocycles. The Morgan fingerprint density at radius 1 is 0.362 bits per heavy atom. The predicted octanol–water partition coefficient (Wildman–Crippen LogP) is 11.3. The molecule has 47 heavy (non-hydrogen) atoms. The van der Waals surface area contributed by atoms with Gasteiger partial charge in [0.2, 0.25) is 0 Å². The van der Waals surface area contributed by atoms with E-state index in [1.807, 2.05) is 54.6 Å². The van der Waals surface area contributed by atoms with Gasteiger partial charge in [0.15, 0.2) is 17.5 Å². The van der Waals surface area contributed by atoms with E-state index in [0.717, 1.165) is 60.5 Å². The summed E-state index contributed by atoms with van der Waals surface area (Å²) in [5.41, 5.74) is 9.04. The summed E-state index contributed by atoms with van der Waals surface area (Å²) in [6, 6.07) is 56.3. The van der Waals surface area contributed by atoms with E-state index >= 15 is 0 Å². The van der Waals surface area contributed by atoms with E-state index in [1.54, 1.807) is 0 Å². The number of rotatable bonds is 5. The van der Waals surface area contributed by atoms with Gasteiger partial charge in [0.05, 0.1) is 0 Å². The van der Waals surface area contributed by atoms with E-state index in [1.165, 1.54) is 11.1 Å². The molecule has 0 atom stereocenters. The largest absolute Gasteiger partial charge is 0.455 e. The highest BCUT2D eigenvalue weighted by molar-refractivity contribution is 6.18. The minimum Gasteiger partial charge on any atom is -0.455 e. The third-order valence-electron chi connectivity index (χ3n) is 8.72. The van der Waals surface area contributed by atoms with Gasteiger partial charge in [-0.25, -0.2) is 15.0 Å². The van der Waals surface area contributed by atoms with Crippen LogP contribution < -0.4 is 0 Å². The maximum atomic E-state index is 6.49. The van der Waals surface area contributed by atoms with Crippen molar-refractivity contribution in [2.45, 2.75) is 0 Å². The molecule has 0 radical (unpaired) electrons. The number of hydrogen-bond acceptors (Lipinski definition) is 4. The third kappa shape index (κ3) is 4.84. The SMILES string of the molecule is c1ccc(-c2cccc(-c3cccc(-c4nc(-c5ccccc5)nc(-c5cccc6ccc7c8ccccc8oc7c56)n4)c3)c2)cc1. The molecule has 0 bridgehead atoms. The smallest absolute Gasteiger partial charge is 0.164 e. The lowest BCUT2D eigenvalue weighted by Crippen LogP contribution is -2.00. The Labute approximate surface area is 271 Å². The molecule has 220 valence electrons. The van der Waals surface area contributed by atoms with E-state index in [4.69, 9.17) is 19.4 Å². The Morgan fingerprint density at radius 2 is 0.915 bits per heavy atom. The van der Waals surface area contributed by atoms with Crippen LogP contribution in [0.3, 0.4) is 0 Å². The number of furan rings is 1. The Balaban J connectivity index is 1.23. The van der Waals surface area contributed by atoms with Crippen molar-refractivity contribution in [1.82, 2.24) is 15.0 Å². The molecule has 0 aliphatic carbocycles. The van der Waals surface area contributed by atoms with Gasteiger partial charge in [0, 0.05) is 32.8 Å². The fourth-order valence-corrected chi connectivity index (χ4v) is 6.43. The van der Waals surface area contributed by atoms with Gasteiger partial charge in [0.25, 0.3) is 0 Å². The number of hydrogen-bond donors (Lipinski definition) is 0. The van der Waals surface area contributed by atoms with Gasteiger partial charge < -0.3 is 4.42 Å². The van der Waals surface area contributed by atoms with Crippen LogP contribution in [0.1, 0.15) is 0 Å². The molecule has 0 spiro atoms. The summed E-state index contributed by atoms with van der Waals surface area (Å²) in [7, 11) is 0. The summed E-state index contributed by atoms with van der Waals surface area (Å²) in [6.07, 6.45) is 0. The molecular formula is C43H27N3O. The zero-order valence-corrected chi connectivity index (χ0v) is 25.3. The van der Waals surface area contributed by atoms with E-state index in [0.29, 0.717) is 17.5 Å². The molecule has 0 aliphatic rings. The Morgan fingerprint density at radius 3 is 1.68 bits per heavy atom. The van der Waals surface area contributed by atoms with Crippen LogP contribution in [0.25, 0.3) is 89.1 Å². The lowest BCUT2D eigenvalue weighted by Gasteiger charge is -2.12. The molecule has 0 saturated carbocycles. The van der Waals surface area contributed by atoms with E-state index in [9.17, 15) is 0 Å². The van der Waals surface area contributed by atoms with Crippen LogP contribution in [-0.4, -0.2) is 15.0 Å². The summed E-state index contributed by atoms with van der Waals surface area (Å²) in [5.74, 6) is 1.84. The average molecular weight is 602 g/mol. The topological polar surface area (TPSA) is 51.8 Å². The predicted molar refractivity (Wildman–Crippen MR) is 192 cm³/mol. The highest BCUT2D eigenvalue weighted by Crippen LogP contribution is 2.39. The molecule has 7 aromatic carbocycles. The van der Waals surface area contributed by atoms with Crippen LogP contribution in [-0.2, 0) is 0 Å². The van der Waals surface area contributed by atoms with Gasteiger partial charge >= 0.3 is 0 Å². The van der Waals surface area contributed by atoms with E-state index in [2.05, 4.69) is 109 Å². The Kier molecular flexibility index (Phi) is 6.43. The van der Waals surface area contributed by atoms with E-state index in [-0.39, 0.29) is 0 Å². The first-order valence-electron chi connectivity index (χ1n) is 15.7. The van der Waals surface area contributed by atoms with Crippen LogP contribution in [0.5, 0.6) is 0 Å². The first-order chi connectivity index (χ1) is 23.3. The number of para-hydroxylation sites is 1. The second-order valence-corrected chi connectivity index (χ2v) is 11.6. The molecule has 0 fully saturated rings. The fraction of sp³-hybridized carbons (Fsp3) is 0. The summed E-state index contributed by atoms with van der Waals surface area (Å²) < 4.78 is 6.49. The molecule has 9 rings (SSSR count). The number of aromatic nitrogens is 3. The van der Waals surface area contributed by atoms with Crippen LogP contribution in [0.2, 0.25) is 0 Å². The van der Waals surface area contributed by atoms with Gasteiger partial charge in [-0.15, -0.1) is 0 Å². The Hall–Kier alpha value is -6.39. The summed E-state index contributed by atoms with van der Waals surface area (Å²) in [4.78, 5) is 15.2. The van der Waals surface area contributed by atoms with Gasteiger partial charge in [-0.3, -0.25) is 0 Å². The molecule has 0 unspecified atom stereocenters. The van der Waals surface area contributed by atoms with Gasteiger partial charge in [-0.2, -0.15) is 0 Å². The molecule has 0 aliphatic heterocycles. The van der Waals surface area contributed by atoms with Crippen molar-refractivity contribution in [2.24, 2.45) is 0 Å². The lowest BCUT2D eigenvalue weighted by atomic mass is 9.98. The molecule has 4 heteroatoms.